The van der Waals surface area contributed by atoms with Gasteiger partial charge in [-0.15, -0.1) is 0 Å². The highest BCUT2D eigenvalue weighted by atomic mass is 16.6. The number of benzene rings is 2. The number of aromatic nitrogens is 2. The predicted octanol–water partition coefficient (Wildman–Crippen LogP) is 2.40. The number of amides is 1. The summed E-state index contributed by atoms with van der Waals surface area (Å²) >= 11 is 0. The van der Waals surface area contributed by atoms with Crippen LogP contribution in [0.15, 0.2) is 60.9 Å². The molecule has 5 rings (SSSR count). The molecule has 2 aliphatic rings. The highest BCUT2D eigenvalue weighted by Crippen LogP contribution is 2.37. The fourth-order valence-corrected chi connectivity index (χ4v) is 3.54. The van der Waals surface area contributed by atoms with Crippen LogP contribution in [0.4, 0.5) is 0 Å². The van der Waals surface area contributed by atoms with E-state index in [1.807, 2.05) is 36.4 Å². The SMILES string of the molecule is O=C(NC[C@H]1Cc2cccc(-c3ncccn3)c2O1)[C@H]1COc2ccccc2O1. The normalized spacial score (nSPS) is 19.2. The minimum absolute atomic E-state index is 0.157. The Balaban J connectivity index is 1.22. The number of hydrogen-bond acceptors (Lipinski definition) is 6. The molecule has 0 spiro atoms. The third-order valence-corrected chi connectivity index (χ3v) is 4.94. The molecule has 3 aromatic rings. The molecule has 29 heavy (non-hydrogen) atoms. The maximum atomic E-state index is 12.5. The lowest BCUT2D eigenvalue weighted by molar-refractivity contribution is -0.130. The smallest absolute Gasteiger partial charge is 0.264 e. The van der Waals surface area contributed by atoms with Crippen LogP contribution in [0.25, 0.3) is 11.4 Å². The Hall–Kier alpha value is -3.61. The van der Waals surface area contributed by atoms with Crippen molar-refractivity contribution in [1.82, 2.24) is 15.3 Å². The van der Waals surface area contributed by atoms with Gasteiger partial charge in [0.25, 0.3) is 5.91 Å². The Morgan fingerprint density at radius 3 is 2.69 bits per heavy atom. The zero-order chi connectivity index (χ0) is 19.6. The second-order valence-electron chi connectivity index (χ2n) is 6.92. The van der Waals surface area contributed by atoms with Gasteiger partial charge in [0.2, 0.25) is 6.10 Å². The van der Waals surface area contributed by atoms with Gasteiger partial charge in [-0.05, 0) is 29.8 Å². The van der Waals surface area contributed by atoms with Gasteiger partial charge in [-0.25, -0.2) is 9.97 Å². The number of fused-ring (bicyclic) bond motifs is 2. The van der Waals surface area contributed by atoms with Gasteiger partial charge in [0.15, 0.2) is 17.3 Å². The summed E-state index contributed by atoms with van der Waals surface area (Å²) in [7, 11) is 0. The van der Waals surface area contributed by atoms with Crippen molar-refractivity contribution in [3.05, 3.63) is 66.5 Å². The molecule has 0 bridgehead atoms. The standard InChI is InChI=1S/C22H19N3O4/c26-22(19-13-27-17-7-1-2-8-18(17)29-19)25-12-15-11-14-5-3-6-16(20(14)28-15)21-23-9-4-10-24-21/h1-10,15,19H,11-13H2,(H,25,26)/t15-,19-/m1/s1. The zero-order valence-electron chi connectivity index (χ0n) is 15.6. The summed E-state index contributed by atoms with van der Waals surface area (Å²) in [6, 6.07) is 15.0. The van der Waals surface area contributed by atoms with Gasteiger partial charge in [0.1, 0.15) is 18.5 Å². The van der Waals surface area contributed by atoms with Crippen LogP contribution in [0.5, 0.6) is 17.2 Å². The minimum Gasteiger partial charge on any atom is -0.487 e. The first-order valence-corrected chi connectivity index (χ1v) is 9.50. The van der Waals surface area contributed by atoms with Crippen LogP contribution in [0.1, 0.15) is 5.56 Å². The molecule has 1 aromatic heterocycles. The topological polar surface area (TPSA) is 82.6 Å². The molecule has 0 saturated heterocycles. The summed E-state index contributed by atoms with van der Waals surface area (Å²) in [5.41, 5.74) is 1.94. The van der Waals surface area contributed by atoms with Gasteiger partial charge in [-0.3, -0.25) is 4.79 Å². The lowest BCUT2D eigenvalue weighted by Gasteiger charge is -2.26. The summed E-state index contributed by atoms with van der Waals surface area (Å²) in [5.74, 6) is 2.42. The van der Waals surface area contributed by atoms with Crippen molar-refractivity contribution in [2.24, 2.45) is 0 Å². The van der Waals surface area contributed by atoms with Gasteiger partial charge in [0.05, 0.1) is 12.1 Å². The minimum atomic E-state index is -0.679. The van der Waals surface area contributed by atoms with Gasteiger partial charge in [0, 0.05) is 18.8 Å². The third kappa shape index (κ3) is 3.47. The molecule has 0 aliphatic carbocycles. The fraction of sp³-hybridized carbons (Fsp3) is 0.227. The van der Waals surface area contributed by atoms with Crippen molar-refractivity contribution in [2.75, 3.05) is 13.2 Å². The van der Waals surface area contributed by atoms with Crippen molar-refractivity contribution in [3.8, 4) is 28.6 Å². The summed E-state index contributed by atoms with van der Waals surface area (Å²) in [5, 5.41) is 2.92. The number of hydrogen-bond donors (Lipinski definition) is 1. The molecule has 7 heteroatoms. The number of carbonyl (C=O) groups is 1. The number of para-hydroxylation sites is 3. The fourth-order valence-electron chi connectivity index (χ4n) is 3.54. The van der Waals surface area contributed by atoms with E-state index in [9.17, 15) is 4.79 Å². The van der Waals surface area contributed by atoms with Crippen molar-refractivity contribution < 1.29 is 19.0 Å². The highest BCUT2D eigenvalue weighted by molar-refractivity contribution is 5.81. The maximum absolute atomic E-state index is 12.5. The Morgan fingerprint density at radius 2 is 1.83 bits per heavy atom. The van der Waals surface area contributed by atoms with E-state index < -0.39 is 6.10 Å². The van der Waals surface area contributed by atoms with Crippen molar-refractivity contribution >= 4 is 5.91 Å². The molecule has 1 N–H and O–H groups in total. The van der Waals surface area contributed by atoms with Crippen LogP contribution in [-0.4, -0.2) is 41.2 Å². The molecule has 0 saturated carbocycles. The molecular weight excluding hydrogens is 370 g/mol. The summed E-state index contributed by atoms with van der Waals surface area (Å²) in [6.45, 7) is 0.564. The summed E-state index contributed by atoms with van der Waals surface area (Å²) in [4.78, 5) is 21.2. The van der Waals surface area contributed by atoms with E-state index >= 15 is 0 Å². The molecule has 0 unspecified atom stereocenters. The van der Waals surface area contributed by atoms with E-state index in [0.29, 0.717) is 30.3 Å². The van der Waals surface area contributed by atoms with Crippen LogP contribution >= 0.6 is 0 Å². The number of rotatable bonds is 4. The van der Waals surface area contributed by atoms with Gasteiger partial charge < -0.3 is 19.5 Å². The molecule has 3 heterocycles. The third-order valence-electron chi connectivity index (χ3n) is 4.94. The Morgan fingerprint density at radius 1 is 1.00 bits per heavy atom. The average Bonchev–Trinajstić information content (AvgIpc) is 3.21. The lowest BCUT2D eigenvalue weighted by atomic mass is 10.1. The monoisotopic (exact) mass is 389 g/mol. The molecule has 1 amide bonds. The molecule has 2 aromatic carbocycles. The van der Waals surface area contributed by atoms with Crippen LogP contribution < -0.4 is 19.5 Å². The van der Waals surface area contributed by atoms with E-state index in [2.05, 4.69) is 15.3 Å². The van der Waals surface area contributed by atoms with Gasteiger partial charge >= 0.3 is 0 Å². The van der Waals surface area contributed by atoms with Gasteiger partial charge in [-0.2, -0.15) is 0 Å². The van der Waals surface area contributed by atoms with E-state index in [4.69, 9.17) is 14.2 Å². The first-order chi connectivity index (χ1) is 14.3. The molecule has 2 atom stereocenters. The average molecular weight is 389 g/mol. The molecule has 0 fully saturated rings. The van der Waals surface area contributed by atoms with Crippen molar-refractivity contribution in [1.29, 1.82) is 0 Å². The largest absolute Gasteiger partial charge is 0.487 e. The number of carbonyl (C=O) groups excluding carboxylic acids is 1. The van der Waals surface area contributed by atoms with E-state index in [0.717, 1.165) is 16.9 Å². The van der Waals surface area contributed by atoms with E-state index in [-0.39, 0.29) is 18.6 Å². The van der Waals surface area contributed by atoms with Crippen LogP contribution in [0.3, 0.4) is 0 Å². The highest BCUT2D eigenvalue weighted by Gasteiger charge is 2.30. The van der Waals surface area contributed by atoms with Crippen LogP contribution in [-0.2, 0) is 11.2 Å². The molecule has 7 nitrogen and oxygen atoms in total. The van der Waals surface area contributed by atoms with Crippen LogP contribution in [0.2, 0.25) is 0 Å². The van der Waals surface area contributed by atoms with E-state index in [1.54, 1.807) is 24.5 Å². The number of nitrogens with one attached hydrogen (secondary N) is 1. The van der Waals surface area contributed by atoms with Crippen molar-refractivity contribution in [3.63, 3.8) is 0 Å². The zero-order valence-corrected chi connectivity index (χ0v) is 15.6. The van der Waals surface area contributed by atoms with Crippen LogP contribution in [0, 0.1) is 0 Å². The second-order valence-corrected chi connectivity index (χ2v) is 6.92. The molecule has 146 valence electrons. The first-order valence-electron chi connectivity index (χ1n) is 9.50. The molecule has 0 radical (unpaired) electrons. The first kappa shape index (κ1) is 17.5. The Labute approximate surface area is 167 Å². The lowest BCUT2D eigenvalue weighted by Crippen LogP contribution is -2.46. The van der Waals surface area contributed by atoms with Gasteiger partial charge in [-0.1, -0.05) is 24.3 Å². The Kier molecular flexibility index (Phi) is 4.48. The summed E-state index contributed by atoms with van der Waals surface area (Å²) in [6.07, 6.45) is 3.29. The predicted molar refractivity (Wildman–Crippen MR) is 105 cm³/mol. The van der Waals surface area contributed by atoms with E-state index in [1.165, 1.54) is 0 Å². The van der Waals surface area contributed by atoms with Crippen molar-refractivity contribution in [2.45, 2.75) is 18.6 Å². The Bertz CT molecular complexity index is 1040. The number of nitrogens with zero attached hydrogens (tertiary/aromatic N) is 2. The second kappa shape index (κ2) is 7.43. The molecule has 2 aliphatic heterocycles. The number of ether oxygens (including phenoxy) is 3. The quantitative estimate of drug-likeness (QED) is 0.738. The molecular formula is C22H19N3O4. The maximum Gasteiger partial charge on any atom is 0.264 e. The summed E-state index contributed by atoms with van der Waals surface area (Å²) < 4.78 is 17.5.